The van der Waals surface area contributed by atoms with Crippen LogP contribution >= 0.6 is 0 Å². The van der Waals surface area contributed by atoms with Crippen molar-refractivity contribution in [3.8, 4) is 0 Å². The molecule has 1 saturated heterocycles. The Labute approximate surface area is 135 Å². The minimum absolute atomic E-state index is 0.163. The van der Waals surface area contributed by atoms with Crippen LogP contribution in [0.3, 0.4) is 0 Å². The third-order valence-electron chi connectivity index (χ3n) is 3.76. The summed E-state index contributed by atoms with van der Waals surface area (Å²) in [7, 11) is 0. The van der Waals surface area contributed by atoms with Crippen molar-refractivity contribution >= 4 is 11.7 Å². The zero-order chi connectivity index (χ0) is 16.2. The van der Waals surface area contributed by atoms with E-state index in [9.17, 15) is 4.79 Å². The first-order valence-corrected chi connectivity index (χ1v) is 7.79. The van der Waals surface area contributed by atoms with Crippen LogP contribution in [0.5, 0.6) is 0 Å². The number of aromatic nitrogens is 1. The minimum atomic E-state index is -0.163. The Morgan fingerprint density at radius 3 is 2.70 bits per heavy atom. The fourth-order valence-corrected chi connectivity index (χ4v) is 2.76. The molecular formula is C17H21N3O3. The molecule has 2 aromatic heterocycles. The normalized spacial score (nSPS) is 21.2. The predicted molar refractivity (Wildman–Crippen MR) is 86.3 cm³/mol. The van der Waals surface area contributed by atoms with Crippen LogP contribution in [0.2, 0.25) is 0 Å². The first kappa shape index (κ1) is 15.6. The average molecular weight is 315 g/mol. The van der Waals surface area contributed by atoms with E-state index in [4.69, 9.17) is 9.15 Å². The van der Waals surface area contributed by atoms with Crippen molar-refractivity contribution in [2.24, 2.45) is 0 Å². The molecule has 1 aliphatic rings. The number of anilines is 1. The number of hydrogen-bond acceptors (Lipinski definition) is 5. The van der Waals surface area contributed by atoms with Crippen LogP contribution < -0.4 is 10.2 Å². The number of nitrogens with zero attached hydrogens (tertiary/aromatic N) is 2. The number of pyridine rings is 1. The molecule has 2 unspecified atom stereocenters. The highest BCUT2D eigenvalue weighted by molar-refractivity contribution is 5.93. The van der Waals surface area contributed by atoms with Crippen molar-refractivity contribution in [2.75, 3.05) is 18.0 Å². The van der Waals surface area contributed by atoms with Gasteiger partial charge in [0.2, 0.25) is 0 Å². The van der Waals surface area contributed by atoms with Crippen LogP contribution in [0.1, 0.15) is 30.0 Å². The minimum Gasteiger partial charge on any atom is -0.467 e. The molecule has 1 fully saturated rings. The van der Waals surface area contributed by atoms with Gasteiger partial charge >= 0.3 is 0 Å². The van der Waals surface area contributed by atoms with E-state index < -0.39 is 0 Å². The molecule has 1 N–H and O–H groups in total. The third kappa shape index (κ3) is 3.90. The quantitative estimate of drug-likeness (QED) is 0.937. The van der Waals surface area contributed by atoms with Crippen molar-refractivity contribution < 1.29 is 13.9 Å². The summed E-state index contributed by atoms with van der Waals surface area (Å²) in [5.41, 5.74) is 0.537. The van der Waals surface area contributed by atoms with Gasteiger partial charge in [-0.2, -0.15) is 0 Å². The Morgan fingerprint density at radius 1 is 1.30 bits per heavy atom. The maximum Gasteiger partial charge on any atom is 0.253 e. The highest BCUT2D eigenvalue weighted by Gasteiger charge is 2.23. The summed E-state index contributed by atoms with van der Waals surface area (Å²) < 4.78 is 10.9. The van der Waals surface area contributed by atoms with E-state index in [1.54, 1.807) is 24.6 Å². The zero-order valence-corrected chi connectivity index (χ0v) is 13.4. The number of amides is 1. The van der Waals surface area contributed by atoms with Gasteiger partial charge < -0.3 is 19.4 Å². The molecule has 3 rings (SSSR count). The van der Waals surface area contributed by atoms with Gasteiger partial charge in [-0.05, 0) is 38.1 Å². The van der Waals surface area contributed by atoms with Gasteiger partial charge in [0.15, 0.2) is 0 Å². The lowest BCUT2D eigenvalue weighted by Gasteiger charge is -2.36. The molecular weight excluding hydrogens is 294 g/mol. The summed E-state index contributed by atoms with van der Waals surface area (Å²) >= 11 is 0. The number of ether oxygens (including phenoxy) is 1. The monoisotopic (exact) mass is 315 g/mol. The molecule has 1 amide bonds. The second kappa shape index (κ2) is 6.83. The molecule has 0 saturated carbocycles. The van der Waals surface area contributed by atoms with E-state index in [0.717, 1.165) is 24.7 Å². The molecule has 2 atom stereocenters. The number of hydrogen-bond donors (Lipinski definition) is 1. The average Bonchev–Trinajstić information content (AvgIpc) is 3.05. The van der Waals surface area contributed by atoms with Crippen molar-refractivity contribution in [2.45, 2.75) is 32.6 Å². The van der Waals surface area contributed by atoms with Crippen LogP contribution in [0.25, 0.3) is 0 Å². The lowest BCUT2D eigenvalue weighted by atomic mass is 10.2. The predicted octanol–water partition coefficient (Wildman–Crippen LogP) is 2.22. The molecule has 1 aliphatic heterocycles. The highest BCUT2D eigenvalue weighted by atomic mass is 16.5. The second-order valence-corrected chi connectivity index (χ2v) is 5.83. The first-order valence-electron chi connectivity index (χ1n) is 7.79. The lowest BCUT2D eigenvalue weighted by Crippen LogP contribution is -2.45. The molecule has 0 spiro atoms. The number of morpholine rings is 1. The van der Waals surface area contributed by atoms with Gasteiger partial charge in [-0.1, -0.05) is 0 Å². The molecule has 6 heteroatoms. The van der Waals surface area contributed by atoms with E-state index in [0.29, 0.717) is 12.1 Å². The summed E-state index contributed by atoms with van der Waals surface area (Å²) in [6, 6.07) is 7.29. The second-order valence-electron chi connectivity index (χ2n) is 5.83. The topological polar surface area (TPSA) is 67.6 Å². The van der Waals surface area contributed by atoms with E-state index in [2.05, 4.69) is 29.0 Å². The van der Waals surface area contributed by atoms with Gasteiger partial charge in [-0.15, -0.1) is 0 Å². The summed E-state index contributed by atoms with van der Waals surface area (Å²) in [5, 5.41) is 2.81. The van der Waals surface area contributed by atoms with Crippen molar-refractivity contribution in [1.82, 2.24) is 10.3 Å². The van der Waals surface area contributed by atoms with Gasteiger partial charge in [0, 0.05) is 19.3 Å². The van der Waals surface area contributed by atoms with Gasteiger partial charge in [-0.3, -0.25) is 4.79 Å². The van der Waals surface area contributed by atoms with Crippen molar-refractivity contribution in [3.05, 3.63) is 48.0 Å². The summed E-state index contributed by atoms with van der Waals surface area (Å²) in [6.07, 6.45) is 3.55. The van der Waals surface area contributed by atoms with Gasteiger partial charge in [0.05, 0.1) is 30.6 Å². The third-order valence-corrected chi connectivity index (χ3v) is 3.76. The SMILES string of the molecule is CC1CN(c2ccc(C(=O)NCc3ccco3)cn2)CC(C)O1. The zero-order valence-electron chi connectivity index (χ0n) is 13.4. The van der Waals surface area contributed by atoms with E-state index >= 15 is 0 Å². The maximum atomic E-state index is 12.1. The smallest absolute Gasteiger partial charge is 0.253 e. The van der Waals surface area contributed by atoms with Crippen LogP contribution in [-0.2, 0) is 11.3 Å². The number of carbonyl (C=O) groups is 1. The van der Waals surface area contributed by atoms with Crippen LogP contribution in [0.15, 0.2) is 41.1 Å². The molecule has 0 bridgehead atoms. The summed E-state index contributed by atoms with van der Waals surface area (Å²) in [4.78, 5) is 18.7. The van der Waals surface area contributed by atoms with Crippen LogP contribution in [0, 0.1) is 0 Å². The van der Waals surface area contributed by atoms with E-state index in [-0.39, 0.29) is 18.1 Å². The fraction of sp³-hybridized carbons (Fsp3) is 0.412. The first-order chi connectivity index (χ1) is 11.1. The van der Waals surface area contributed by atoms with Gasteiger partial charge in [0.1, 0.15) is 11.6 Å². The van der Waals surface area contributed by atoms with Gasteiger partial charge in [-0.25, -0.2) is 4.98 Å². The molecule has 3 heterocycles. The number of furan rings is 1. The maximum absolute atomic E-state index is 12.1. The summed E-state index contributed by atoms with van der Waals surface area (Å²) in [6.45, 7) is 6.09. The Hall–Kier alpha value is -2.34. The lowest BCUT2D eigenvalue weighted by molar-refractivity contribution is -0.00546. The molecule has 6 nitrogen and oxygen atoms in total. The highest BCUT2D eigenvalue weighted by Crippen LogP contribution is 2.18. The fourth-order valence-electron chi connectivity index (χ4n) is 2.76. The van der Waals surface area contributed by atoms with Crippen LogP contribution in [-0.4, -0.2) is 36.2 Å². The van der Waals surface area contributed by atoms with Crippen molar-refractivity contribution in [3.63, 3.8) is 0 Å². The van der Waals surface area contributed by atoms with Crippen LogP contribution in [0.4, 0.5) is 5.82 Å². The Kier molecular flexibility index (Phi) is 4.62. The Bertz CT molecular complexity index is 630. The number of rotatable bonds is 4. The number of nitrogens with one attached hydrogen (secondary N) is 1. The molecule has 0 aliphatic carbocycles. The summed E-state index contributed by atoms with van der Waals surface area (Å²) in [5.74, 6) is 1.43. The number of carbonyl (C=O) groups excluding carboxylic acids is 1. The van der Waals surface area contributed by atoms with E-state index in [1.165, 1.54) is 0 Å². The standard InChI is InChI=1S/C17H21N3O3/c1-12-10-20(11-13(2)23-12)16-6-5-14(8-18-16)17(21)19-9-15-4-3-7-22-15/h3-8,12-13H,9-11H2,1-2H3,(H,19,21). The van der Waals surface area contributed by atoms with Gasteiger partial charge in [0.25, 0.3) is 5.91 Å². The largest absolute Gasteiger partial charge is 0.467 e. The van der Waals surface area contributed by atoms with Crippen molar-refractivity contribution in [1.29, 1.82) is 0 Å². The Balaban J connectivity index is 1.61. The molecule has 2 aromatic rings. The van der Waals surface area contributed by atoms with E-state index in [1.807, 2.05) is 12.1 Å². The molecule has 122 valence electrons. The molecule has 0 aromatic carbocycles. The molecule has 23 heavy (non-hydrogen) atoms. The molecule has 0 radical (unpaired) electrons. The Morgan fingerprint density at radius 2 is 2.09 bits per heavy atom.